The second-order valence-electron chi connectivity index (χ2n) is 7.20. The monoisotopic (exact) mass is 283 g/mol. The van der Waals surface area contributed by atoms with Crippen molar-refractivity contribution in [1.29, 1.82) is 0 Å². The summed E-state index contributed by atoms with van der Waals surface area (Å²) < 4.78 is 6.14. The normalized spacial score (nSPS) is 45.5. The molecule has 0 bridgehead atoms. The molecule has 5 unspecified atom stereocenters. The summed E-state index contributed by atoms with van der Waals surface area (Å²) in [4.78, 5) is 0. The first-order chi connectivity index (χ1) is 9.19. The molecule has 1 saturated carbocycles. The molecule has 2 aliphatic heterocycles. The van der Waals surface area contributed by atoms with E-state index < -0.39 is 0 Å². The van der Waals surface area contributed by atoms with Crippen molar-refractivity contribution in [2.45, 2.75) is 63.5 Å². The van der Waals surface area contributed by atoms with Crippen LogP contribution in [0.15, 0.2) is 0 Å². The SMILES string of the molecule is CC1CCCC(C(N)C2CCOC3(CCSC3)C2)C1. The standard InChI is InChI=1S/C16H29NOS/c1-12-3-2-4-13(9-12)15(17)14-5-7-18-16(10-14)6-8-19-11-16/h12-15H,2-11,17H2,1H3. The molecule has 3 aliphatic rings. The molecule has 2 nitrogen and oxygen atoms in total. The summed E-state index contributed by atoms with van der Waals surface area (Å²) in [6.45, 7) is 3.35. The van der Waals surface area contributed by atoms with Crippen molar-refractivity contribution >= 4 is 11.8 Å². The van der Waals surface area contributed by atoms with E-state index in [9.17, 15) is 0 Å². The van der Waals surface area contributed by atoms with E-state index in [0.717, 1.165) is 18.4 Å². The third kappa shape index (κ3) is 3.14. The minimum Gasteiger partial charge on any atom is -0.374 e. The second kappa shape index (κ2) is 5.95. The second-order valence-corrected chi connectivity index (χ2v) is 8.30. The zero-order valence-electron chi connectivity index (χ0n) is 12.3. The number of rotatable bonds is 2. The maximum Gasteiger partial charge on any atom is 0.0783 e. The lowest BCUT2D eigenvalue weighted by Crippen LogP contribution is -2.48. The number of nitrogens with two attached hydrogens (primary N) is 1. The average Bonchev–Trinajstić information content (AvgIpc) is 2.86. The molecule has 110 valence electrons. The molecule has 1 spiro atoms. The zero-order chi connectivity index (χ0) is 13.3. The van der Waals surface area contributed by atoms with Gasteiger partial charge in [0.05, 0.1) is 5.60 Å². The van der Waals surface area contributed by atoms with Crippen molar-refractivity contribution < 1.29 is 4.74 Å². The van der Waals surface area contributed by atoms with Gasteiger partial charge in [0.15, 0.2) is 0 Å². The van der Waals surface area contributed by atoms with E-state index in [1.54, 1.807) is 0 Å². The molecule has 5 atom stereocenters. The number of thioether (sulfide) groups is 1. The van der Waals surface area contributed by atoms with Crippen molar-refractivity contribution in [1.82, 2.24) is 0 Å². The Bertz CT molecular complexity index is 303. The molecule has 2 saturated heterocycles. The number of hydrogen-bond donors (Lipinski definition) is 1. The summed E-state index contributed by atoms with van der Waals surface area (Å²) in [6.07, 6.45) is 9.21. The van der Waals surface area contributed by atoms with Gasteiger partial charge in [-0.3, -0.25) is 0 Å². The Labute approximate surface area is 122 Å². The Balaban J connectivity index is 1.61. The van der Waals surface area contributed by atoms with E-state index >= 15 is 0 Å². The molecule has 3 fully saturated rings. The number of ether oxygens (including phenoxy) is 1. The highest BCUT2D eigenvalue weighted by Crippen LogP contribution is 2.43. The van der Waals surface area contributed by atoms with Gasteiger partial charge in [-0.15, -0.1) is 0 Å². The first-order valence-corrected chi connectivity index (χ1v) is 9.31. The molecule has 0 radical (unpaired) electrons. The van der Waals surface area contributed by atoms with Crippen molar-refractivity contribution in [3.05, 3.63) is 0 Å². The van der Waals surface area contributed by atoms with Gasteiger partial charge < -0.3 is 10.5 Å². The lowest BCUT2D eigenvalue weighted by molar-refractivity contribution is -0.0871. The molecule has 19 heavy (non-hydrogen) atoms. The van der Waals surface area contributed by atoms with Gasteiger partial charge in [-0.05, 0) is 55.6 Å². The van der Waals surface area contributed by atoms with Gasteiger partial charge >= 0.3 is 0 Å². The van der Waals surface area contributed by atoms with Crippen LogP contribution in [-0.2, 0) is 4.74 Å². The van der Waals surface area contributed by atoms with Crippen LogP contribution in [-0.4, -0.2) is 29.8 Å². The van der Waals surface area contributed by atoms with E-state index in [1.807, 2.05) is 0 Å². The van der Waals surface area contributed by atoms with Crippen LogP contribution in [0.3, 0.4) is 0 Å². The summed E-state index contributed by atoms with van der Waals surface area (Å²) in [7, 11) is 0. The third-order valence-electron chi connectivity index (χ3n) is 5.66. The largest absolute Gasteiger partial charge is 0.374 e. The molecular formula is C16H29NOS. The van der Waals surface area contributed by atoms with E-state index in [2.05, 4.69) is 18.7 Å². The molecule has 0 aromatic carbocycles. The smallest absolute Gasteiger partial charge is 0.0783 e. The Kier molecular flexibility index (Phi) is 4.45. The quantitative estimate of drug-likeness (QED) is 0.843. The molecule has 0 aromatic rings. The molecule has 2 heterocycles. The average molecular weight is 283 g/mol. The van der Waals surface area contributed by atoms with E-state index in [-0.39, 0.29) is 5.60 Å². The van der Waals surface area contributed by atoms with Crippen LogP contribution in [0.1, 0.15) is 51.9 Å². The Morgan fingerprint density at radius 1 is 1.26 bits per heavy atom. The third-order valence-corrected chi connectivity index (χ3v) is 6.89. The fourth-order valence-corrected chi connectivity index (χ4v) is 5.85. The van der Waals surface area contributed by atoms with Gasteiger partial charge in [-0.2, -0.15) is 11.8 Å². The fraction of sp³-hybridized carbons (Fsp3) is 1.00. The van der Waals surface area contributed by atoms with Crippen molar-refractivity contribution in [2.24, 2.45) is 23.5 Å². The molecule has 2 N–H and O–H groups in total. The van der Waals surface area contributed by atoms with Gasteiger partial charge in [0.2, 0.25) is 0 Å². The summed E-state index contributed by atoms with van der Waals surface area (Å²) >= 11 is 2.06. The summed E-state index contributed by atoms with van der Waals surface area (Å²) in [5.74, 6) is 4.86. The van der Waals surface area contributed by atoms with Gasteiger partial charge in [0.1, 0.15) is 0 Å². The summed E-state index contributed by atoms with van der Waals surface area (Å²) in [6, 6.07) is 0.425. The van der Waals surface area contributed by atoms with Crippen LogP contribution in [0.25, 0.3) is 0 Å². The molecule has 0 amide bonds. The lowest BCUT2D eigenvalue weighted by atomic mass is 9.71. The van der Waals surface area contributed by atoms with Gasteiger partial charge in [0.25, 0.3) is 0 Å². The molecular weight excluding hydrogens is 254 g/mol. The molecule has 1 aliphatic carbocycles. The highest BCUT2D eigenvalue weighted by molar-refractivity contribution is 7.99. The minimum atomic E-state index is 0.200. The highest BCUT2D eigenvalue weighted by Gasteiger charge is 2.43. The lowest BCUT2D eigenvalue weighted by Gasteiger charge is -2.43. The Hall–Kier alpha value is 0.270. The highest BCUT2D eigenvalue weighted by atomic mass is 32.2. The molecule has 0 aromatic heterocycles. The summed E-state index contributed by atoms with van der Waals surface area (Å²) in [5.41, 5.74) is 6.87. The van der Waals surface area contributed by atoms with Crippen LogP contribution in [0.5, 0.6) is 0 Å². The van der Waals surface area contributed by atoms with Crippen LogP contribution >= 0.6 is 11.8 Å². The Morgan fingerprint density at radius 2 is 2.16 bits per heavy atom. The van der Waals surface area contributed by atoms with Crippen LogP contribution in [0, 0.1) is 17.8 Å². The van der Waals surface area contributed by atoms with E-state index in [4.69, 9.17) is 10.5 Å². The van der Waals surface area contributed by atoms with E-state index in [0.29, 0.717) is 12.0 Å². The van der Waals surface area contributed by atoms with Crippen LogP contribution in [0.4, 0.5) is 0 Å². The van der Waals surface area contributed by atoms with Gasteiger partial charge in [-0.1, -0.05) is 19.8 Å². The molecule has 3 heteroatoms. The van der Waals surface area contributed by atoms with Crippen LogP contribution in [0.2, 0.25) is 0 Å². The van der Waals surface area contributed by atoms with Crippen molar-refractivity contribution in [2.75, 3.05) is 18.1 Å². The predicted molar refractivity (Wildman–Crippen MR) is 82.4 cm³/mol. The minimum absolute atomic E-state index is 0.200. The van der Waals surface area contributed by atoms with Crippen LogP contribution < -0.4 is 5.73 Å². The van der Waals surface area contributed by atoms with E-state index in [1.165, 1.54) is 56.5 Å². The first kappa shape index (κ1) is 14.2. The Morgan fingerprint density at radius 3 is 2.89 bits per heavy atom. The van der Waals surface area contributed by atoms with Gasteiger partial charge in [0, 0.05) is 18.4 Å². The van der Waals surface area contributed by atoms with Crippen molar-refractivity contribution in [3.63, 3.8) is 0 Å². The zero-order valence-corrected chi connectivity index (χ0v) is 13.1. The predicted octanol–water partition coefficient (Wildman–Crippen LogP) is 3.44. The first-order valence-electron chi connectivity index (χ1n) is 8.16. The van der Waals surface area contributed by atoms with Crippen molar-refractivity contribution in [3.8, 4) is 0 Å². The fourth-order valence-electron chi connectivity index (χ4n) is 4.47. The summed E-state index contributed by atoms with van der Waals surface area (Å²) in [5, 5.41) is 0. The maximum atomic E-state index is 6.67. The number of hydrogen-bond acceptors (Lipinski definition) is 3. The maximum absolute atomic E-state index is 6.67. The van der Waals surface area contributed by atoms with Gasteiger partial charge in [-0.25, -0.2) is 0 Å². The molecule has 3 rings (SSSR count). The topological polar surface area (TPSA) is 35.2 Å².